The summed E-state index contributed by atoms with van der Waals surface area (Å²) < 4.78 is 8.32. The Hall–Kier alpha value is -2.27. The number of hydrogen-bond acceptors (Lipinski definition) is 4. The van der Waals surface area contributed by atoms with Crippen molar-refractivity contribution in [3.8, 4) is 0 Å². The van der Waals surface area contributed by atoms with Gasteiger partial charge >= 0.3 is 5.97 Å². The second-order valence-corrected chi connectivity index (χ2v) is 5.62. The van der Waals surface area contributed by atoms with Crippen LogP contribution in [-0.2, 0) is 11.2 Å². The van der Waals surface area contributed by atoms with E-state index in [-0.39, 0.29) is 0 Å². The first-order chi connectivity index (χ1) is 10.1. The molecule has 2 aromatic carbocycles. The first-order valence-electron chi connectivity index (χ1n) is 6.64. The van der Waals surface area contributed by atoms with E-state index < -0.39 is 11.9 Å². The lowest BCUT2D eigenvalue weighted by atomic mass is 9.91. The van der Waals surface area contributed by atoms with Gasteiger partial charge in [-0.25, -0.2) is 0 Å². The van der Waals surface area contributed by atoms with E-state index in [2.05, 4.69) is 8.75 Å². The maximum absolute atomic E-state index is 11.6. The number of carboxylic acids is 1. The van der Waals surface area contributed by atoms with E-state index in [9.17, 15) is 9.90 Å². The fraction of sp³-hybridized carbons (Fsp3) is 0.188. The highest BCUT2D eigenvalue weighted by atomic mass is 32.1. The maximum atomic E-state index is 11.6. The number of carbonyl (C=O) groups is 1. The molecule has 0 aliphatic carbocycles. The zero-order valence-electron chi connectivity index (χ0n) is 11.5. The van der Waals surface area contributed by atoms with Gasteiger partial charge in [-0.15, -0.1) is 0 Å². The Morgan fingerprint density at radius 1 is 1.14 bits per heavy atom. The number of rotatable bonds is 4. The summed E-state index contributed by atoms with van der Waals surface area (Å²) in [6.45, 7) is 2.02. The number of benzene rings is 2. The van der Waals surface area contributed by atoms with Crippen LogP contribution in [-0.4, -0.2) is 19.8 Å². The summed E-state index contributed by atoms with van der Waals surface area (Å²) in [7, 11) is 0. The quantitative estimate of drug-likeness (QED) is 0.801. The molecule has 1 unspecified atom stereocenters. The lowest BCUT2D eigenvalue weighted by Gasteiger charge is -2.13. The molecular weight excluding hydrogens is 284 g/mol. The van der Waals surface area contributed by atoms with Gasteiger partial charge in [0.1, 0.15) is 11.0 Å². The summed E-state index contributed by atoms with van der Waals surface area (Å²) in [5, 5.41) is 9.53. The van der Waals surface area contributed by atoms with Crippen molar-refractivity contribution < 1.29 is 9.90 Å². The Morgan fingerprint density at radius 3 is 2.57 bits per heavy atom. The van der Waals surface area contributed by atoms with Crippen molar-refractivity contribution >= 4 is 28.7 Å². The fourth-order valence-electron chi connectivity index (χ4n) is 2.32. The molecule has 5 heteroatoms. The van der Waals surface area contributed by atoms with E-state index in [1.165, 1.54) is 5.56 Å². The monoisotopic (exact) mass is 298 g/mol. The van der Waals surface area contributed by atoms with Crippen LogP contribution in [0.4, 0.5) is 0 Å². The van der Waals surface area contributed by atoms with Crippen molar-refractivity contribution in [1.82, 2.24) is 8.75 Å². The number of fused-ring (bicyclic) bond motifs is 1. The van der Waals surface area contributed by atoms with Crippen LogP contribution in [0.5, 0.6) is 0 Å². The highest BCUT2D eigenvalue weighted by Crippen LogP contribution is 2.24. The van der Waals surface area contributed by atoms with Crippen LogP contribution in [0, 0.1) is 6.92 Å². The predicted molar refractivity (Wildman–Crippen MR) is 82.7 cm³/mol. The summed E-state index contributed by atoms with van der Waals surface area (Å²) >= 11 is 1.14. The molecule has 106 valence electrons. The number of carboxylic acid groups (broad SMARTS) is 1. The molecule has 1 atom stereocenters. The van der Waals surface area contributed by atoms with Crippen molar-refractivity contribution in [2.75, 3.05) is 0 Å². The number of nitrogens with zero attached hydrogens (tertiary/aromatic N) is 2. The number of aryl methyl sites for hydroxylation is 1. The van der Waals surface area contributed by atoms with Crippen LogP contribution in [0.1, 0.15) is 22.6 Å². The summed E-state index contributed by atoms with van der Waals surface area (Å²) in [5.74, 6) is -1.39. The topological polar surface area (TPSA) is 63.1 Å². The lowest BCUT2D eigenvalue weighted by Crippen LogP contribution is -2.14. The zero-order valence-corrected chi connectivity index (χ0v) is 12.3. The minimum absolute atomic E-state index is 0.471. The van der Waals surface area contributed by atoms with Gasteiger partial charge in [0, 0.05) is 0 Å². The van der Waals surface area contributed by atoms with Crippen LogP contribution < -0.4 is 0 Å². The second kappa shape index (κ2) is 5.61. The first kappa shape index (κ1) is 13.7. The zero-order chi connectivity index (χ0) is 14.8. The Morgan fingerprint density at radius 2 is 1.86 bits per heavy atom. The van der Waals surface area contributed by atoms with E-state index >= 15 is 0 Å². The smallest absolute Gasteiger partial charge is 0.311 e. The van der Waals surface area contributed by atoms with Gasteiger partial charge in [-0.05, 0) is 36.6 Å². The third kappa shape index (κ3) is 2.92. The van der Waals surface area contributed by atoms with Crippen molar-refractivity contribution in [3.05, 3.63) is 59.2 Å². The third-order valence-electron chi connectivity index (χ3n) is 3.54. The Bertz CT molecular complexity index is 780. The number of hydrogen-bond donors (Lipinski definition) is 1. The molecule has 0 aliphatic rings. The van der Waals surface area contributed by atoms with Gasteiger partial charge in [-0.1, -0.05) is 35.9 Å². The van der Waals surface area contributed by atoms with Gasteiger partial charge in [0.2, 0.25) is 0 Å². The molecule has 3 rings (SSSR count). The molecule has 0 spiro atoms. The summed E-state index contributed by atoms with van der Waals surface area (Å²) in [5.41, 5.74) is 4.52. The van der Waals surface area contributed by atoms with Gasteiger partial charge in [0.15, 0.2) is 0 Å². The SMILES string of the molecule is Cc1ccc(CC(C(=O)O)c2ccc3nsnc3c2)cc1. The summed E-state index contributed by atoms with van der Waals surface area (Å²) in [6.07, 6.45) is 0.471. The van der Waals surface area contributed by atoms with Gasteiger partial charge < -0.3 is 5.11 Å². The van der Waals surface area contributed by atoms with E-state index in [0.29, 0.717) is 6.42 Å². The minimum atomic E-state index is -0.821. The van der Waals surface area contributed by atoms with Gasteiger partial charge in [-0.2, -0.15) is 8.75 Å². The average molecular weight is 298 g/mol. The molecule has 3 aromatic rings. The van der Waals surface area contributed by atoms with E-state index in [1.807, 2.05) is 49.4 Å². The molecule has 0 fully saturated rings. The van der Waals surface area contributed by atoms with Crippen molar-refractivity contribution in [1.29, 1.82) is 0 Å². The van der Waals surface area contributed by atoms with E-state index in [0.717, 1.165) is 33.9 Å². The summed E-state index contributed by atoms with van der Waals surface area (Å²) in [6, 6.07) is 13.5. The minimum Gasteiger partial charge on any atom is -0.481 e. The van der Waals surface area contributed by atoms with E-state index in [1.54, 1.807) is 0 Å². The van der Waals surface area contributed by atoms with E-state index in [4.69, 9.17) is 0 Å². The standard InChI is InChI=1S/C16H14N2O2S/c1-10-2-4-11(5-3-10)8-13(16(19)20)12-6-7-14-15(9-12)18-21-17-14/h2-7,9,13H,8H2,1H3,(H,19,20). The normalized spacial score (nSPS) is 12.4. The Labute approximate surface area is 126 Å². The Balaban J connectivity index is 1.93. The molecule has 0 bridgehead atoms. The number of aromatic nitrogens is 2. The molecule has 0 amide bonds. The fourth-order valence-corrected chi connectivity index (χ4v) is 2.84. The molecule has 4 nitrogen and oxygen atoms in total. The van der Waals surface area contributed by atoms with Crippen LogP contribution in [0.25, 0.3) is 11.0 Å². The predicted octanol–water partition coefficient (Wildman–Crippen LogP) is 3.41. The molecular formula is C16H14N2O2S. The average Bonchev–Trinajstić information content (AvgIpc) is 2.93. The van der Waals surface area contributed by atoms with Gasteiger partial charge in [0.25, 0.3) is 0 Å². The largest absolute Gasteiger partial charge is 0.481 e. The van der Waals surface area contributed by atoms with Crippen molar-refractivity contribution in [3.63, 3.8) is 0 Å². The second-order valence-electron chi connectivity index (χ2n) is 5.09. The molecule has 1 N–H and O–H groups in total. The van der Waals surface area contributed by atoms with Gasteiger partial charge in [0.05, 0.1) is 17.6 Å². The van der Waals surface area contributed by atoms with Crippen LogP contribution in [0.3, 0.4) is 0 Å². The van der Waals surface area contributed by atoms with Crippen LogP contribution >= 0.6 is 11.7 Å². The lowest BCUT2D eigenvalue weighted by molar-refractivity contribution is -0.138. The molecule has 0 aliphatic heterocycles. The Kier molecular flexibility index (Phi) is 3.66. The van der Waals surface area contributed by atoms with Crippen molar-refractivity contribution in [2.45, 2.75) is 19.3 Å². The third-order valence-corrected chi connectivity index (χ3v) is 4.10. The van der Waals surface area contributed by atoms with Crippen LogP contribution in [0.15, 0.2) is 42.5 Å². The highest BCUT2D eigenvalue weighted by Gasteiger charge is 2.21. The van der Waals surface area contributed by atoms with Crippen LogP contribution in [0.2, 0.25) is 0 Å². The maximum Gasteiger partial charge on any atom is 0.311 e. The highest BCUT2D eigenvalue weighted by molar-refractivity contribution is 7.00. The molecule has 1 aromatic heterocycles. The molecule has 0 saturated carbocycles. The molecule has 21 heavy (non-hydrogen) atoms. The molecule has 0 radical (unpaired) electrons. The van der Waals surface area contributed by atoms with Gasteiger partial charge in [-0.3, -0.25) is 4.79 Å². The summed E-state index contributed by atoms with van der Waals surface area (Å²) in [4.78, 5) is 11.6. The molecule has 0 saturated heterocycles. The molecule has 1 heterocycles. The number of aliphatic carboxylic acids is 1. The first-order valence-corrected chi connectivity index (χ1v) is 7.37. The van der Waals surface area contributed by atoms with Crippen molar-refractivity contribution in [2.24, 2.45) is 0 Å².